The molecule has 0 aromatic carbocycles. The summed E-state index contributed by atoms with van der Waals surface area (Å²) in [5.74, 6) is -0.117. The van der Waals surface area contributed by atoms with Crippen molar-refractivity contribution in [2.24, 2.45) is 0 Å². The highest BCUT2D eigenvalue weighted by Gasteiger charge is 2.18. The van der Waals surface area contributed by atoms with Gasteiger partial charge in [0.2, 0.25) is 5.91 Å². The molecule has 0 aliphatic rings. The number of carbonyl (C=O) groups is 1. The first-order chi connectivity index (χ1) is 8.93. The molecule has 0 atom stereocenters. The quantitative estimate of drug-likeness (QED) is 0.824. The van der Waals surface area contributed by atoms with Crippen molar-refractivity contribution in [3.05, 3.63) is 28.8 Å². The van der Waals surface area contributed by atoms with Crippen LogP contribution in [0.1, 0.15) is 19.9 Å². The van der Waals surface area contributed by atoms with Crippen molar-refractivity contribution in [2.45, 2.75) is 26.4 Å². The first kappa shape index (κ1) is 13.3. The Balaban J connectivity index is 2.64. The Kier molecular flexibility index (Phi) is 3.42. The SMILES string of the molecule is CC(C)n1c(=O)n(CC(=O)N(C)C)c2cccnc21. The van der Waals surface area contributed by atoms with E-state index in [1.165, 1.54) is 9.47 Å². The Morgan fingerprint density at radius 3 is 2.68 bits per heavy atom. The standard InChI is InChI=1S/C13H18N4O2/c1-9(2)17-12-10(6-5-7-14-12)16(13(17)19)8-11(18)15(3)4/h5-7,9H,8H2,1-4H3. The van der Waals surface area contributed by atoms with Gasteiger partial charge in [0.1, 0.15) is 6.54 Å². The second kappa shape index (κ2) is 4.87. The number of likely N-dealkylation sites (N-methyl/N-ethyl adjacent to an activating group) is 1. The fourth-order valence-corrected chi connectivity index (χ4v) is 2.00. The summed E-state index contributed by atoms with van der Waals surface area (Å²) in [6, 6.07) is 3.58. The molecule has 0 aliphatic carbocycles. The maximum atomic E-state index is 12.4. The minimum absolute atomic E-state index is 0.000563. The van der Waals surface area contributed by atoms with Gasteiger partial charge in [-0.1, -0.05) is 0 Å². The van der Waals surface area contributed by atoms with Crippen LogP contribution in [-0.2, 0) is 11.3 Å². The lowest BCUT2D eigenvalue weighted by atomic mass is 10.4. The van der Waals surface area contributed by atoms with Crippen LogP contribution in [0.3, 0.4) is 0 Å². The molecular weight excluding hydrogens is 244 g/mol. The average Bonchev–Trinajstić information content (AvgIpc) is 2.62. The number of pyridine rings is 1. The van der Waals surface area contributed by atoms with E-state index in [0.717, 1.165) is 0 Å². The van der Waals surface area contributed by atoms with Crippen LogP contribution in [-0.4, -0.2) is 39.0 Å². The molecule has 0 N–H and O–H groups in total. The molecule has 6 heteroatoms. The number of hydrogen-bond donors (Lipinski definition) is 0. The zero-order chi connectivity index (χ0) is 14.2. The molecule has 2 rings (SSSR count). The van der Waals surface area contributed by atoms with Crippen molar-refractivity contribution < 1.29 is 4.79 Å². The second-order valence-electron chi connectivity index (χ2n) is 4.97. The third-order valence-electron chi connectivity index (χ3n) is 3.03. The minimum atomic E-state index is -0.195. The number of fused-ring (bicyclic) bond motifs is 1. The van der Waals surface area contributed by atoms with Crippen LogP contribution in [0.2, 0.25) is 0 Å². The zero-order valence-corrected chi connectivity index (χ0v) is 11.6. The van der Waals surface area contributed by atoms with E-state index in [4.69, 9.17) is 0 Å². The molecule has 0 radical (unpaired) electrons. The van der Waals surface area contributed by atoms with Gasteiger partial charge in [-0.25, -0.2) is 9.78 Å². The van der Waals surface area contributed by atoms with Crippen LogP contribution < -0.4 is 5.69 Å². The maximum absolute atomic E-state index is 12.4. The average molecular weight is 262 g/mol. The van der Waals surface area contributed by atoms with E-state index in [-0.39, 0.29) is 24.2 Å². The van der Waals surface area contributed by atoms with E-state index < -0.39 is 0 Å². The van der Waals surface area contributed by atoms with Gasteiger partial charge >= 0.3 is 5.69 Å². The number of carbonyl (C=O) groups excluding carboxylic acids is 1. The molecule has 2 heterocycles. The molecule has 2 aromatic heterocycles. The van der Waals surface area contributed by atoms with Gasteiger partial charge in [-0.2, -0.15) is 0 Å². The molecule has 0 saturated carbocycles. The Morgan fingerprint density at radius 1 is 1.42 bits per heavy atom. The van der Waals surface area contributed by atoms with Crippen LogP contribution in [0.4, 0.5) is 0 Å². The number of imidazole rings is 1. The maximum Gasteiger partial charge on any atom is 0.331 e. The van der Waals surface area contributed by atoms with E-state index in [9.17, 15) is 9.59 Å². The first-order valence-electron chi connectivity index (χ1n) is 6.19. The normalized spacial score (nSPS) is 11.2. The lowest BCUT2D eigenvalue weighted by molar-refractivity contribution is -0.129. The zero-order valence-electron chi connectivity index (χ0n) is 11.6. The summed E-state index contributed by atoms with van der Waals surface area (Å²) in [4.78, 5) is 30.0. The summed E-state index contributed by atoms with van der Waals surface area (Å²) >= 11 is 0. The summed E-state index contributed by atoms with van der Waals surface area (Å²) in [5.41, 5.74) is 1.12. The summed E-state index contributed by atoms with van der Waals surface area (Å²) in [7, 11) is 3.35. The molecule has 1 amide bonds. The third kappa shape index (κ3) is 2.25. The Bertz CT molecular complexity index is 667. The molecule has 2 aromatic rings. The van der Waals surface area contributed by atoms with Gasteiger partial charge in [-0.3, -0.25) is 13.9 Å². The van der Waals surface area contributed by atoms with Crippen molar-refractivity contribution in [1.29, 1.82) is 0 Å². The fourth-order valence-electron chi connectivity index (χ4n) is 2.00. The van der Waals surface area contributed by atoms with Gasteiger partial charge in [0.15, 0.2) is 5.65 Å². The van der Waals surface area contributed by atoms with Crippen molar-refractivity contribution >= 4 is 17.1 Å². The first-order valence-corrected chi connectivity index (χ1v) is 6.19. The molecule has 0 aliphatic heterocycles. The molecule has 0 spiro atoms. The van der Waals surface area contributed by atoms with Crippen molar-refractivity contribution in [3.63, 3.8) is 0 Å². The van der Waals surface area contributed by atoms with Gasteiger partial charge in [0.05, 0.1) is 5.52 Å². The van der Waals surface area contributed by atoms with Gasteiger partial charge in [-0.05, 0) is 26.0 Å². The predicted molar refractivity (Wildman–Crippen MR) is 73.1 cm³/mol. The smallest absolute Gasteiger partial charge is 0.331 e. The lowest BCUT2D eigenvalue weighted by Crippen LogP contribution is -2.32. The molecule has 102 valence electrons. The topological polar surface area (TPSA) is 60.1 Å². The molecule has 0 bridgehead atoms. The van der Waals surface area contributed by atoms with E-state index in [1.54, 1.807) is 30.9 Å². The minimum Gasteiger partial charge on any atom is -0.347 e. The summed E-state index contributed by atoms with van der Waals surface area (Å²) in [6.07, 6.45) is 1.65. The Labute approximate surface area is 111 Å². The Hall–Kier alpha value is -2.11. The molecule has 0 fully saturated rings. The highest BCUT2D eigenvalue weighted by atomic mass is 16.2. The van der Waals surface area contributed by atoms with E-state index in [2.05, 4.69) is 4.98 Å². The summed E-state index contributed by atoms with van der Waals surface area (Å²) < 4.78 is 3.09. The summed E-state index contributed by atoms with van der Waals surface area (Å²) in [6.45, 7) is 3.88. The largest absolute Gasteiger partial charge is 0.347 e. The lowest BCUT2D eigenvalue weighted by Gasteiger charge is -2.10. The van der Waals surface area contributed by atoms with Crippen LogP contribution in [0, 0.1) is 0 Å². The second-order valence-corrected chi connectivity index (χ2v) is 4.97. The van der Waals surface area contributed by atoms with E-state index in [0.29, 0.717) is 11.2 Å². The molecular formula is C13H18N4O2. The van der Waals surface area contributed by atoms with Crippen molar-refractivity contribution in [2.75, 3.05) is 14.1 Å². The van der Waals surface area contributed by atoms with E-state index in [1.807, 2.05) is 19.9 Å². The number of amides is 1. The molecule has 0 unspecified atom stereocenters. The van der Waals surface area contributed by atoms with Crippen LogP contribution in [0.25, 0.3) is 11.2 Å². The van der Waals surface area contributed by atoms with Crippen LogP contribution in [0.5, 0.6) is 0 Å². The van der Waals surface area contributed by atoms with E-state index >= 15 is 0 Å². The van der Waals surface area contributed by atoms with Crippen molar-refractivity contribution in [1.82, 2.24) is 19.0 Å². The fraction of sp³-hybridized carbons (Fsp3) is 0.462. The molecule has 0 saturated heterocycles. The van der Waals surface area contributed by atoms with Gasteiger partial charge < -0.3 is 4.90 Å². The number of nitrogens with zero attached hydrogens (tertiary/aromatic N) is 4. The predicted octanol–water partition coefficient (Wildman–Crippen LogP) is 0.867. The summed E-state index contributed by atoms with van der Waals surface area (Å²) in [5, 5.41) is 0. The third-order valence-corrected chi connectivity index (χ3v) is 3.03. The molecule has 19 heavy (non-hydrogen) atoms. The van der Waals surface area contributed by atoms with Gasteiger partial charge in [-0.15, -0.1) is 0 Å². The Morgan fingerprint density at radius 2 is 2.11 bits per heavy atom. The van der Waals surface area contributed by atoms with Crippen molar-refractivity contribution in [3.8, 4) is 0 Å². The van der Waals surface area contributed by atoms with Gasteiger partial charge in [0, 0.05) is 26.3 Å². The number of aromatic nitrogens is 3. The molecule has 6 nitrogen and oxygen atoms in total. The van der Waals surface area contributed by atoms with Crippen LogP contribution >= 0.6 is 0 Å². The van der Waals surface area contributed by atoms with Crippen LogP contribution in [0.15, 0.2) is 23.1 Å². The highest BCUT2D eigenvalue weighted by molar-refractivity contribution is 5.79. The monoisotopic (exact) mass is 262 g/mol. The highest BCUT2D eigenvalue weighted by Crippen LogP contribution is 2.14. The number of rotatable bonds is 3. The van der Waals surface area contributed by atoms with Gasteiger partial charge in [0.25, 0.3) is 0 Å². The number of hydrogen-bond acceptors (Lipinski definition) is 3.